The van der Waals surface area contributed by atoms with Crippen LogP contribution in [0.25, 0.3) is 0 Å². The normalized spacial score (nSPS) is 70.6. The molecular formula is C11H16O2. The molecule has 0 saturated heterocycles. The Morgan fingerprint density at radius 1 is 0.769 bits per heavy atom. The molecule has 2 N–H and O–H groups in total. The Morgan fingerprint density at radius 2 is 1.23 bits per heavy atom. The minimum atomic E-state index is 0.318. The van der Waals surface area contributed by atoms with E-state index in [0.717, 1.165) is 35.5 Å². The maximum absolute atomic E-state index is 9.35. The fraction of sp³-hybridized carbons (Fsp3) is 1.00. The van der Waals surface area contributed by atoms with Crippen LogP contribution < -0.4 is 0 Å². The first-order valence-corrected chi connectivity index (χ1v) is 5.60. The molecule has 6 bridgehead atoms. The molecule has 72 valence electrons. The van der Waals surface area contributed by atoms with Crippen molar-refractivity contribution in [3.63, 3.8) is 0 Å². The van der Waals surface area contributed by atoms with Crippen molar-refractivity contribution in [1.29, 1.82) is 0 Å². The van der Waals surface area contributed by atoms with Crippen LogP contribution in [0.1, 0.15) is 6.42 Å². The summed E-state index contributed by atoms with van der Waals surface area (Å²) in [5, 5.41) is 18.7. The average molecular weight is 180 g/mol. The molecule has 5 aliphatic carbocycles. The summed E-state index contributed by atoms with van der Waals surface area (Å²) in [6.07, 6.45) is 1.43. The Morgan fingerprint density at radius 3 is 1.62 bits per heavy atom. The summed E-state index contributed by atoms with van der Waals surface area (Å²) in [5.74, 6) is 6.40. The lowest BCUT2D eigenvalue weighted by Gasteiger charge is -2.27. The lowest BCUT2D eigenvalue weighted by atomic mass is 9.80. The maximum Gasteiger partial charge on any atom is 0.0465 e. The Kier molecular flexibility index (Phi) is 1.09. The van der Waals surface area contributed by atoms with E-state index in [-0.39, 0.29) is 0 Å². The molecule has 0 aromatic heterocycles. The van der Waals surface area contributed by atoms with Gasteiger partial charge in [-0.05, 0) is 53.8 Å². The number of aliphatic hydroxyl groups is 2. The van der Waals surface area contributed by atoms with Gasteiger partial charge < -0.3 is 10.2 Å². The predicted molar refractivity (Wildman–Crippen MR) is 46.7 cm³/mol. The molecular weight excluding hydrogens is 164 g/mol. The van der Waals surface area contributed by atoms with Crippen molar-refractivity contribution < 1.29 is 10.2 Å². The molecule has 2 nitrogen and oxygen atoms in total. The summed E-state index contributed by atoms with van der Waals surface area (Å²) in [6.45, 7) is 0.637. The standard InChI is InChI=1S/C11H16O2/c12-2-6-7(3-13)9-4-1-5-10(8(4)6)11(5)9/h4-13H,1-3H2. The number of rotatable bonds is 2. The van der Waals surface area contributed by atoms with Gasteiger partial charge in [-0.2, -0.15) is 0 Å². The SMILES string of the molecule is OCC1C(CO)C2C3CC4C(C13)C42. The molecule has 0 aromatic rings. The van der Waals surface area contributed by atoms with Gasteiger partial charge in [-0.3, -0.25) is 0 Å². The van der Waals surface area contributed by atoms with Crippen LogP contribution in [0, 0.1) is 47.3 Å². The van der Waals surface area contributed by atoms with Crippen molar-refractivity contribution in [3.05, 3.63) is 0 Å². The molecule has 0 spiro atoms. The number of hydrogen-bond donors (Lipinski definition) is 2. The van der Waals surface area contributed by atoms with E-state index in [1.807, 2.05) is 0 Å². The third-order valence-electron chi connectivity index (χ3n) is 5.67. The van der Waals surface area contributed by atoms with E-state index in [4.69, 9.17) is 0 Å². The van der Waals surface area contributed by atoms with Gasteiger partial charge in [0.15, 0.2) is 0 Å². The van der Waals surface area contributed by atoms with Gasteiger partial charge in [0, 0.05) is 13.2 Å². The second-order valence-electron chi connectivity index (χ2n) is 5.57. The van der Waals surface area contributed by atoms with E-state index < -0.39 is 0 Å². The summed E-state index contributed by atoms with van der Waals surface area (Å²) < 4.78 is 0. The Labute approximate surface area is 78.0 Å². The van der Waals surface area contributed by atoms with Crippen LogP contribution in [-0.4, -0.2) is 23.4 Å². The van der Waals surface area contributed by atoms with Crippen LogP contribution in [0.3, 0.4) is 0 Å². The van der Waals surface area contributed by atoms with Crippen molar-refractivity contribution in [2.75, 3.05) is 13.2 Å². The van der Waals surface area contributed by atoms with E-state index in [1.165, 1.54) is 6.42 Å². The van der Waals surface area contributed by atoms with Gasteiger partial charge in [0.2, 0.25) is 0 Å². The van der Waals surface area contributed by atoms with Crippen LogP contribution in [0.5, 0.6) is 0 Å². The topological polar surface area (TPSA) is 40.5 Å². The van der Waals surface area contributed by atoms with Gasteiger partial charge >= 0.3 is 0 Å². The van der Waals surface area contributed by atoms with Crippen LogP contribution in [0.2, 0.25) is 0 Å². The van der Waals surface area contributed by atoms with Crippen molar-refractivity contribution in [1.82, 2.24) is 0 Å². The highest BCUT2D eigenvalue weighted by atomic mass is 16.3. The Hall–Kier alpha value is -0.0800. The molecule has 5 rings (SSSR count). The average Bonchev–Trinajstić information content (AvgIpc) is 2.59. The van der Waals surface area contributed by atoms with E-state index >= 15 is 0 Å². The first-order chi connectivity index (χ1) is 6.38. The van der Waals surface area contributed by atoms with Crippen molar-refractivity contribution in [2.45, 2.75) is 6.42 Å². The molecule has 0 amide bonds. The highest BCUT2D eigenvalue weighted by Gasteiger charge is 2.79. The summed E-state index contributed by atoms with van der Waals surface area (Å²) in [5.41, 5.74) is 0. The molecule has 0 heterocycles. The van der Waals surface area contributed by atoms with Gasteiger partial charge in [-0.15, -0.1) is 0 Å². The molecule has 2 heteroatoms. The predicted octanol–water partition coefficient (Wildman–Crippen LogP) is 0.345. The van der Waals surface area contributed by atoms with Gasteiger partial charge in [-0.1, -0.05) is 0 Å². The molecule has 13 heavy (non-hydrogen) atoms. The van der Waals surface area contributed by atoms with Crippen LogP contribution >= 0.6 is 0 Å². The van der Waals surface area contributed by atoms with Gasteiger partial charge in [-0.25, -0.2) is 0 Å². The van der Waals surface area contributed by atoms with Crippen LogP contribution in [-0.2, 0) is 0 Å². The van der Waals surface area contributed by atoms with Crippen molar-refractivity contribution in [3.8, 4) is 0 Å². The Balaban J connectivity index is 1.76. The first-order valence-electron chi connectivity index (χ1n) is 5.60. The van der Waals surface area contributed by atoms with Gasteiger partial charge in [0.05, 0.1) is 0 Å². The smallest absolute Gasteiger partial charge is 0.0465 e. The fourth-order valence-electron chi connectivity index (χ4n) is 5.57. The van der Waals surface area contributed by atoms with E-state index in [9.17, 15) is 10.2 Å². The largest absolute Gasteiger partial charge is 0.396 e. The lowest BCUT2D eigenvalue weighted by Crippen LogP contribution is -2.29. The summed E-state index contributed by atoms with van der Waals surface area (Å²) in [4.78, 5) is 0. The molecule has 5 aliphatic rings. The molecule has 5 fully saturated rings. The highest BCUT2D eigenvalue weighted by Crippen LogP contribution is 2.83. The molecule has 0 aromatic carbocycles. The van der Waals surface area contributed by atoms with E-state index in [1.54, 1.807) is 0 Å². The first kappa shape index (κ1) is 7.24. The van der Waals surface area contributed by atoms with E-state index in [2.05, 4.69) is 0 Å². The number of hydrogen-bond acceptors (Lipinski definition) is 2. The third-order valence-corrected chi connectivity index (χ3v) is 5.67. The zero-order valence-electron chi connectivity index (χ0n) is 7.63. The quantitative estimate of drug-likeness (QED) is 0.643. The van der Waals surface area contributed by atoms with E-state index in [0.29, 0.717) is 25.0 Å². The zero-order chi connectivity index (χ0) is 8.74. The maximum atomic E-state index is 9.35. The summed E-state index contributed by atoms with van der Waals surface area (Å²) in [7, 11) is 0. The second-order valence-corrected chi connectivity index (χ2v) is 5.57. The van der Waals surface area contributed by atoms with Gasteiger partial charge in [0.1, 0.15) is 0 Å². The zero-order valence-corrected chi connectivity index (χ0v) is 7.63. The highest BCUT2D eigenvalue weighted by molar-refractivity contribution is 5.26. The summed E-state index contributed by atoms with van der Waals surface area (Å²) in [6, 6.07) is 0. The van der Waals surface area contributed by atoms with Crippen molar-refractivity contribution >= 4 is 0 Å². The molecule has 6 atom stereocenters. The van der Waals surface area contributed by atoms with Crippen LogP contribution in [0.4, 0.5) is 0 Å². The van der Waals surface area contributed by atoms with Crippen molar-refractivity contribution in [2.24, 2.45) is 47.3 Å². The minimum Gasteiger partial charge on any atom is -0.396 e. The molecule has 0 aliphatic heterocycles. The third kappa shape index (κ3) is 0.556. The second kappa shape index (κ2) is 1.96. The van der Waals surface area contributed by atoms with Crippen LogP contribution in [0.15, 0.2) is 0 Å². The Bertz CT molecular complexity index is 241. The lowest BCUT2D eigenvalue weighted by molar-refractivity contribution is 0.0748. The monoisotopic (exact) mass is 180 g/mol. The molecule has 5 saturated carbocycles. The summed E-state index contributed by atoms with van der Waals surface area (Å²) >= 11 is 0. The molecule has 6 unspecified atom stereocenters. The fourth-order valence-corrected chi connectivity index (χ4v) is 5.57. The molecule has 0 radical (unpaired) electrons. The number of aliphatic hydroxyl groups excluding tert-OH is 2. The minimum absolute atomic E-state index is 0.318. The van der Waals surface area contributed by atoms with Gasteiger partial charge in [0.25, 0.3) is 0 Å².